The topological polar surface area (TPSA) is 52.0 Å². The van der Waals surface area contributed by atoms with Gasteiger partial charge < -0.3 is 11.5 Å². The molecule has 4 N–H and O–H groups in total. The fourth-order valence-corrected chi connectivity index (χ4v) is 1.21. The Balaban J connectivity index is 2.71. The molecule has 1 aromatic rings. The third-order valence-corrected chi connectivity index (χ3v) is 2.24. The van der Waals surface area contributed by atoms with Gasteiger partial charge in [-0.3, -0.25) is 0 Å². The summed E-state index contributed by atoms with van der Waals surface area (Å²) in [6, 6.07) is 10.3. The Bertz CT molecular complexity index is 221. The average molecular weight is 164 g/mol. The molecule has 0 spiro atoms. The third-order valence-electron chi connectivity index (χ3n) is 2.24. The summed E-state index contributed by atoms with van der Waals surface area (Å²) in [6.45, 7) is 2.64. The van der Waals surface area contributed by atoms with Crippen LogP contribution in [0.4, 0.5) is 0 Å². The molecule has 0 saturated heterocycles. The molecule has 0 bridgehead atoms. The van der Waals surface area contributed by atoms with E-state index in [1.165, 1.54) is 5.56 Å². The van der Waals surface area contributed by atoms with Crippen LogP contribution in [0.25, 0.3) is 0 Å². The summed E-state index contributed by atoms with van der Waals surface area (Å²) in [5.74, 6) is 0.344. The smallest absolute Gasteiger partial charge is 0.0230 e. The van der Waals surface area contributed by atoms with E-state index in [0.717, 1.165) is 0 Å². The summed E-state index contributed by atoms with van der Waals surface area (Å²) in [7, 11) is 0. The Morgan fingerprint density at radius 1 is 1.25 bits per heavy atom. The van der Waals surface area contributed by atoms with Gasteiger partial charge in [0.2, 0.25) is 0 Å². The highest BCUT2D eigenvalue weighted by atomic mass is 14.7. The van der Waals surface area contributed by atoms with E-state index in [2.05, 4.69) is 19.1 Å². The molecule has 0 amide bonds. The molecule has 12 heavy (non-hydrogen) atoms. The highest BCUT2D eigenvalue weighted by Gasteiger charge is 2.11. The van der Waals surface area contributed by atoms with Gasteiger partial charge in [-0.15, -0.1) is 0 Å². The van der Waals surface area contributed by atoms with Crippen molar-refractivity contribution in [2.75, 3.05) is 6.54 Å². The predicted octanol–water partition coefficient (Wildman–Crippen LogP) is 1.08. The Hall–Kier alpha value is -0.860. The molecule has 0 radical (unpaired) electrons. The summed E-state index contributed by atoms with van der Waals surface area (Å²) < 4.78 is 0. The molecule has 1 unspecified atom stereocenters. The zero-order valence-electron chi connectivity index (χ0n) is 7.40. The minimum absolute atomic E-state index is 0.0624. The number of hydrogen-bond donors (Lipinski definition) is 2. The van der Waals surface area contributed by atoms with Crippen molar-refractivity contribution in [3.8, 4) is 0 Å². The second-order valence-corrected chi connectivity index (χ2v) is 3.10. The van der Waals surface area contributed by atoms with Gasteiger partial charge >= 0.3 is 0 Å². The molecular formula is C10H16N2. The average Bonchev–Trinajstić information content (AvgIpc) is 2.17. The second kappa shape index (κ2) is 4.24. The van der Waals surface area contributed by atoms with Gasteiger partial charge in [-0.25, -0.2) is 0 Å². The molecule has 2 atom stereocenters. The zero-order valence-corrected chi connectivity index (χ0v) is 7.40. The van der Waals surface area contributed by atoms with Crippen molar-refractivity contribution in [3.05, 3.63) is 35.9 Å². The van der Waals surface area contributed by atoms with Crippen LogP contribution in [0.3, 0.4) is 0 Å². The third kappa shape index (κ3) is 2.06. The van der Waals surface area contributed by atoms with E-state index in [9.17, 15) is 0 Å². The van der Waals surface area contributed by atoms with Crippen molar-refractivity contribution in [2.24, 2.45) is 11.5 Å². The molecule has 0 saturated carbocycles. The second-order valence-electron chi connectivity index (χ2n) is 3.10. The molecular weight excluding hydrogens is 148 g/mol. The predicted molar refractivity (Wildman–Crippen MR) is 51.9 cm³/mol. The van der Waals surface area contributed by atoms with E-state index in [4.69, 9.17) is 11.5 Å². The van der Waals surface area contributed by atoms with Crippen molar-refractivity contribution < 1.29 is 0 Å². The maximum atomic E-state index is 5.82. The van der Waals surface area contributed by atoms with Gasteiger partial charge in [-0.2, -0.15) is 0 Å². The Labute approximate surface area is 73.6 Å². The lowest BCUT2D eigenvalue weighted by molar-refractivity contribution is 0.576. The van der Waals surface area contributed by atoms with Crippen LogP contribution in [0.1, 0.15) is 18.4 Å². The fraction of sp³-hybridized carbons (Fsp3) is 0.400. The van der Waals surface area contributed by atoms with E-state index in [0.29, 0.717) is 12.5 Å². The fourth-order valence-electron chi connectivity index (χ4n) is 1.21. The maximum Gasteiger partial charge on any atom is 0.0230 e. The molecule has 0 aromatic heterocycles. The van der Waals surface area contributed by atoms with Crippen LogP contribution in [0.2, 0.25) is 0 Å². The maximum absolute atomic E-state index is 5.82. The summed E-state index contributed by atoms with van der Waals surface area (Å²) in [6.07, 6.45) is 0. The van der Waals surface area contributed by atoms with Gasteiger partial charge in [-0.05, 0) is 11.5 Å². The van der Waals surface area contributed by atoms with Crippen molar-refractivity contribution in [2.45, 2.75) is 18.9 Å². The normalized spacial score (nSPS) is 15.6. The zero-order chi connectivity index (χ0) is 8.97. The highest BCUT2D eigenvalue weighted by Crippen LogP contribution is 2.16. The number of benzene rings is 1. The largest absolute Gasteiger partial charge is 0.329 e. The molecule has 0 aliphatic rings. The van der Waals surface area contributed by atoms with Crippen LogP contribution in [0.5, 0.6) is 0 Å². The van der Waals surface area contributed by atoms with Crippen LogP contribution in [-0.4, -0.2) is 12.6 Å². The molecule has 2 heteroatoms. The van der Waals surface area contributed by atoms with Gasteiger partial charge in [0.15, 0.2) is 0 Å². The summed E-state index contributed by atoms with van der Waals surface area (Å²) in [5.41, 5.74) is 12.6. The molecule has 0 aliphatic heterocycles. The van der Waals surface area contributed by atoms with Crippen LogP contribution in [-0.2, 0) is 0 Å². The Kier molecular flexibility index (Phi) is 3.26. The molecule has 2 nitrogen and oxygen atoms in total. The molecule has 0 heterocycles. The number of rotatable bonds is 3. The van der Waals surface area contributed by atoms with E-state index >= 15 is 0 Å². The van der Waals surface area contributed by atoms with Gasteiger partial charge in [-0.1, -0.05) is 37.3 Å². The van der Waals surface area contributed by atoms with Crippen molar-refractivity contribution in [1.29, 1.82) is 0 Å². The molecule has 0 fully saturated rings. The van der Waals surface area contributed by atoms with E-state index in [1.807, 2.05) is 18.2 Å². The number of hydrogen-bond acceptors (Lipinski definition) is 2. The van der Waals surface area contributed by atoms with E-state index in [-0.39, 0.29) is 6.04 Å². The highest BCUT2D eigenvalue weighted by molar-refractivity contribution is 5.20. The van der Waals surface area contributed by atoms with E-state index < -0.39 is 0 Å². The summed E-state index contributed by atoms with van der Waals surface area (Å²) >= 11 is 0. The lowest BCUT2D eigenvalue weighted by Gasteiger charge is -2.18. The Morgan fingerprint density at radius 2 is 1.83 bits per heavy atom. The van der Waals surface area contributed by atoms with Crippen molar-refractivity contribution in [1.82, 2.24) is 0 Å². The molecule has 1 aromatic carbocycles. The van der Waals surface area contributed by atoms with Crippen LogP contribution < -0.4 is 11.5 Å². The molecule has 1 rings (SSSR count). The quantitative estimate of drug-likeness (QED) is 0.702. The van der Waals surface area contributed by atoms with Crippen LogP contribution in [0.15, 0.2) is 30.3 Å². The minimum Gasteiger partial charge on any atom is -0.329 e. The van der Waals surface area contributed by atoms with Crippen molar-refractivity contribution in [3.63, 3.8) is 0 Å². The first-order chi connectivity index (χ1) is 5.75. The van der Waals surface area contributed by atoms with Crippen molar-refractivity contribution >= 4 is 0 Å². The first kappa shape index (κ1) is 9.23. The van der Waals surface area contributed by atoms with Gasteiger partial charge in [0.1, 0.15) is 0 Å². The van der Waals surface area contributed by atoms with Crippen LogP contribution >= 0.6 is 0 Å². The van der Waals surface area contributed by atoms with Gasteiger partial charge in [0.25, 0.3) is 0 Å². The lowest BCUT2D eigenvalue weighted by Crippen LogP contribution is -2.34. The summed E-state index contributed by atoms with van der Waals surface area (Å²) in [4.78, 5) is 0. The van der Waals surface area contributed by atoms with E-state index in [1.54, 1.807) is 0 Å². The van der Waals surface area contributed by atoms with Gasteiger partial charge in [0.05, 0.1) is 0 Å². The van der Waals surface area contributed by atoms with Gasteiger partial charge in [0, 0.05) is 12.6 Å². The monoisotopic (exact) mass is 164 g/mol. The Morgan fingerprint density at radius 3 is 2.33 bits per heavy atom. The first-order valence-electron chi connectivity index (χ1n) is 4.26. The standard InChI is InChI=1S/C10H16N2/c1-8(10(12)7-11)9-5-3-2-4-6-9/h2-6,8,10H,7,11-12H2,1H3/t8?,10-/m0/s1. The molecule has 66 valence electrons. The first-order valence-corrected chi connectivity index (χ1v) is 4.26. The summed E-state index contributed by atoms with van der Waals surface area (Å²) in [5, 5.41) is 0. The SMILES string of the molecule is CC(c1ccccc1)[C@@H](N)CN. The number of nitrogens with two attached hydrogens (primary N) is 2. The lowest BCUT2D eigenvalue weighted by atomic mass is 9.94. The van der Waals surface area contributed by atoms with Crippen LogP contribution in [0, 0.1) is 0 Å². The minimum atomic E-state index is 0.0624. The molecule has 0 aliphatic carbocycles.